The second-order valence-corrected chi connectivity index (χ2v) is 8.74. The molecular weight excluding hydrogens is 498 g/mol. The SMILES string of the molecule is COc1cc(CC(=O)N[C@@H](C)COc2ccc(C(=O)O)cc2Cl)ccc1NC(=O)Nc1ccccc1C. The largest absolute Gasteiger partial charge is 0.495 e. The van der Waals surface area contributed by atoms with Crippen molar-refractivity contribution in [2.24, 2.45) is 0 Å². The molecule has 3 aromatic rings. The highest BCUT2D eigenvalue weighted by Gasteiger charge is 2.14. The molecule has 0 heterocycles. The van der Waals surface area contributed by atoms with Crippen molar-refractivity contribution in [1.29, 1.82) is 0 Å². The van der Waals surface area contributed by atoms with Crippen LogP contribution >= 0.6 is 11.6 Å². The number of hydrogen-bond acceptors (Lipinski definition) is 5. The first-order valence-corrected chi connectivity index (χ1v) is 11.8. The van der Waals surface area contributed by atoms with Gasteiger partial charge in [0.1, 0.15) is 18.1 Å². The number of nitrogens with one attached hydrogen (secondary N) is 3. The predicted octanol–water partition coefficient (Wildman–Crippen LogP) is 5.13. The molecule has 1 atom stereocenters. The van der Waals surface area contributed by atoms with Crippen LogP contribution in [0.5, 0.6) is 11.5 Å². The topological polar surface area (TPSA) is 126 Å². The number of carboxylic acids is 1. The second kappa shape index (κ2) is 12.6. The Morgan fingerprint density at radius 1 is 0.973 bits per heavy atom. The molecule has 0 aliphatic heterocycles. The van der Waals surface area contributed by atoms with Crippen LogP contribution in [0.1, 0.15) is 28.4 Å². The van der Waals surface area contributed by atoms with Crippen LogP contribution in [0.4, 0.5) is 16.2 Å². The summed E-state index contributed by atoms with van der Waals surface area (Å²) in [7, 11) is 1.48. The van der Waals surface area contributed by atoms with Crippen LogP contribution in [0.15, 0.2) is 60.7 Å². The molecule has 3 amide bonds. The summed E-state index contributed by atoms with van der Waals surface area (Å²) < 4.78 is 11.0. The van der Waals surface area contributed by atoms with E-state index in [1.54, 1.807) is 25.1 Å². The Balaban J connectivity index is 1.53. The lowest BCUT2D eigenvalue weighted by Crippen LogP contribution is -2.37. The molecule has 0 radical (unpaired) electrons. The molecule has 0 aromatic heterocycles. The van der Waals surface area contributed by atoms with Gasteiger partial charge in [0.2, 0.25) is 5.91 Å². The van der Waals surface area contributed by atoms with Crippen molar-refractivity contribution in [2.75, 3.05) is 24.4 Å². The van der Waals surface area contributed by atoms with E-state index in [0.29, 0.717) is 28.4 Å². The van der Waals surface area contributed by atoms with E-state index in [9.17, 15) is 14.4 Å². The molecule has 0 saturated heterocycles. The van der Waals surface area contributed by atoms with Crippen molar-refractivity contribution >= 4 is 40.9 Å². The van der Waals surface area contributed by atoms with E-state index in [0.717, 1.165) is 5.56 Å². The van der Waals surface area contributed by atoms with Crippen LogP contribution in [0.25, 0.3) is 0 Å². The number of rotatable bonds is 10. The smallest absolute Gasteiger partial charge is 0.335 e. The van der Waals surface area contributed by atoms with Gasteiger partial charge in [-0.05, 0) is 61.4 Å². The van der Waals surface area contributed by atoms with Crippen molar-refractivity contribution in [3.05, 3.63) is 82.4 Å². The number of carbonyl (C=O) groups excluding carboxylic acids is 2. The first kappa shape index (κ1) is 27.3. The lowest BCUT2D eigenvalue weighted by molar-refractivity contribution is -0.121. The minimum Gasteiger partial charge on any atom is -0.495 e. The maximum atomic E-state index is 12.5. The van der Waals surface area contributed by atoms with E-state index in [4.69, 9.17) is 26.2 Å². The highest BCUT2D eigenvalue weighted by molar-refractivity contribution is 6.32. The molecule has 0 spiro atoms. The molecule has 9 nitrogen and oxygen atoms in total. The average Bonchev–Trinajstić information content (AvgIpc) is 2.85. The third-order valence-corrected chi connectivity index (χ3v) is 5.64. The van der Waals surface area contributed by atoms with Crippen molar-refractivity contribution < 1.29 is 29.0 Å². The monoisotopic (exact) mass is 525 g/mol. The Morgan fingerprint density at radius 2 is 1.70 bits per heavy atom. The van der Waals surface area contributed by atoms with E-state index in [1.165, 1.54) is 25.3 Å². The highest BCUT2D eigenvalue weighted by atomic mass is 35.5. The van der Waals surface area contributed by atoms with E-state index in [-0.39, 0.29) is 35.6 Å². The molecule has 0 aliphatic carbocycles. The zero-order chi connectivity index (χ0) is 26.9. The van der Waals surface area contributed by atoms with Gasteiger partial charge in [-0.1, -0.05) is 35.9 Å². The number of ether oxygens (including phenoxy) is 2. The van der Waals surface area contributed by atoms with Gasteiger partial charge in [-0.15, -0.1) is 0 Å². The Kier molecular flexibility index (Phi) is 9.34. The van der Waals surface area contributed by atoms with E-state index in [2.05, 4.69) is 16.0 Å². The summed E-state index contributed by atoms with van der Waals surface area (Å²) in [6, 6.07) is 16.0. The standard InChI is InChI=1S/C27H28ClN3O6/c1-16-6-4-5-7-21(16)30-27(35)31-22-10-8-18(12-24(22)36-3)13-25(32)29-17(2)15-37-23-11-9-19(26(33)34)14-20(23)28/h4-12,14,17H,13,15H2,1-3H3,(H,29,32)(H,33,34)(H2,30,31,35)/t17-/m0/s1. The van der Waals surface area contributed by atoms with Crippen LogP contribution in [-0.2, 0) is 11.2 Å². The second-order valence-electron chi connectivity index (χ2n) is 8.34. The molecule has 3 aromatic carbocycles. The maximum Gasteiger partial charge on any atom is 0.335 e. The minimum atomic E-state index is -1.08. The Bertz CT molecular complexity index is 1300. The summed E-state index contributed by atoms with van der Waals surface area (Å²) in [4.78, 5) is 36.0. The molecule has 4 N–H and O–H groups in total. The molecule has 3 rings (SSSR count). The fraction of sp³-hybridized carbons (Fsp3) is 0.222. The highest BCUT2D eigenvalue weighted by Crippen LogP contribution is 2.27. The maximum absolute atomic E-state index is 12.5. The van der Waals surface area contributed by atoms with Gasteiger partial charge in [-0.2, -0.15) is 0 Å². The number of carbonyl (C=O) groups is 3. The summed E-state index contributed by atoms with van der Waals surface area (Å²) in [5.74, 6) is -0.573. The van der Waals surface area contributed by atoms with Gasteiger partial charge >= 0.3 is 12.0 Å². The quantitative estimate of drug-likeness (QED) is 0.291. The number of methoxy groups -OCH3 is 1. The van der Waals surface area contributed by atoms with Gasteiger partial charge in [-0.25, -0.2) is 9.59 Å². The van der Waals surface area contributed by atoms with Crippen molar-refractivity contribution in [1.82, 2.24) is 5.32 Å². The number of para-hydroxylation sites is 1. The average molecular weight is 526 g/mol. The number of hydrogen-bond donors (Lipinski definition) is 4. The number of amides is 3. The molecule has 0 saturated carbocycles. The summed E-state index contributed by atoms with van der Waals surface area (Å²) in [5.41, 5.74) is 2.85. The number of benzene rings is 3. The Morgan fingerprint density at radius 3 is 2.38 bits per heavy atom. The Hall–Kier alpha value is -4.24. The molecule has 0 aliphatic rings. The van der Waals surface area contributed by atoms with Gasteiger partial charge in [0.05, 0.1) is 35.8 Å². The molecule has 0 unspecified atom stereocenters. The fourth-order valence-corrected chi connectivity index (χ4v) is 3.69. The number of carboxylic acid groups (broad SMARTS) is 1. The van der Waals surface area contributed by atoms with Crippen molar-refractivity contribution in [3.63, 3.8) is 0 Å². The van der Waals surface area contributed by atoms with Gasteiger partial charge in [0.25, 0.3) is 0 Å². The number of aryl methyl sites for hydroxylation is 1. The van der Waals surface area contributed by atoms with Crippen LogP contribution in [0, 0.1) is 6.92 Å². The summed E-state index contributed by atoms with van der Waals surface area (Å²) in [6.45, 7) is 3.81. The first-order valence-electron chi connectivity index (χ1n) is 11.4. The zero-order valence-electron chi connectivity index (χ0n) is 20.6. The van der Waals surface area contributed by atoms with E-state index in [1.807, 2.05) is 31.2 Å². The molecular formula is C27H28ClN3O6. The third-order valence-electron chi connectivity index (χ3n) is 5.35. The van der Waals surface area contributed by atoms with Crippen LogP contribution in [0.3, 0.4) is 0 Å². The molecule has 37 heavy (non-hydrogen) atoms. The van der Waals surface area contributed by atoms with Gasteiger partial charge in [0.15, 0.2) is 0 Å². The molecule has 10 heteroatoms. The zero-order valence-corrected chi connectivity index (χ0v) is 21.4. The van der Waals surface area contributed by atoms with Crippen molar-refractivity contribution in [2.45, 2.75) is 26.3 Å². The third kappa shape index (κ3) is 7.88. The molecule has 194 valence electrons. The van der Waals surface area contributed by atoms with Crippen LogP contribution < -0.4 is 25.4 Å². The molecule has 0 fully saturated rings. The number of urea groups is 1. The molecule has 0 bridgehead atoms. The normalized spacial score (nSPS) is 11.2. The first-order chi connectivity index (χ1) is 17.7. The van der Waals surface area contributed by atoms with Crippen molar-refractivity contribution in [3.8, 4) is 11.5 Å². The van der Waals surface area contributed by atoms with E-state index >= 15 is 0 Å². The van der Waals surface area contributed by atoms with Crippen LogP contribution in [-0.4, -0.2) is 42.8 Å². The summed E-state index contributed by atoms with van der Waals surface area (Å²) >= 11 is 6.07. The van der Waals surface area contributed by atoms with Gasteiger partial charge in [-0.3, -0.25) is 4.79 Å². The van der Waals surface area contributed by atoms with E-state index < -0.39 is 12.0 Å². The number of aromatic carboxylic acids is 1. The number of anilines is 2. The lowest BCUT2D eigenvalue weighted by atomic mass is 10.1. The predicted molar refractivity (Wildman–Crippen MR) is 142 cm³/mol. The van der Waals surface area contributed by atoms with Crippen LogP contribution in [0.2, 0.25) is 5.02 Å². The summed E-state index contributed by atoms with van der Waals surface area (Å²) in [5, 5.41) is 17.6. The minimum absolute atomic E-state index is 0.0577. The van der Waals surface area contributed by atoms with Gasteiger partial charge < -0.3 is 30.5 Å². The van der Waals surface area contributed by atoms with Gasteiger partial charge in [0, 0.05) is 5.69 Å². The Labute approximate surface area is 219 Å². The number of halogens is 1. The summed E-state index contributed by atoms with van der Waals surface area (Å²) in [6.07, 6.45) is 0.0877. The fourth-order valence-electron chi connectivity index (χ4n) is 3.46. The lowest BCUT2D eigenvalue weighted by Gasteiger charge is -2.17.